The maximum absolute atomic E-state index is 13.7. The largest absolute Gasteiger partial charge is 0.497 e. The number of para-hydroxylation sites is 1. The van der Waals surface area contributed by atoms with E-state index in [0.29, 0.717) is 48.1 Å². The molecule has 0 fully saturated rings. The van der Waals surface area contributed by atoms with Gasteiger partial charge in [-0.15, -0.1) is 0 Å². The van der Waals surface area contributed by atoms with Crippen LogP contribution >= 0.6 is 0 Å². The number of methoxy groups -OCH3 is 1. The van der Waals surface area contributed by atoms with Crippen LogP contribution in [0.25, 0.3) is 0 Å². The average molecular weight is 548 g/mol. The van der Waals surface area contributed by atoms with Gasteiger partial charge in [-0.1, -0.05) is 13.0 Å². The summed E-state index contributed by atoms with van der Waals surface area (Å²) in [7, 11) is 3.59. The normalized spacial score (nSPS) is 17.8. The van der Waals surface area contributed by atoms with Crippen molar-refractivity contribution in [1.82, 2.24) is 14.8 Å². The van der Waals surface area contributed by atoms with Gasteiger partial charge in [0, 0.05) is 43.6 Å². The predicted octanol–water partition coefficient (Wildman–Crippen LogP) is 4.09. The predicted molar refractivity (Wildman–Crippen MR) is 154 cm³/mol. The van der Waals surface area contributed by atoms with Gasteiger partial charge >= 0.3 is 6.03 Å². The third-order valence-corrected chi connectivity index (χ3v) is 6.98. The first-order chi connectivity index (χ1) is 19.3. The van der Waals surface area contributed by atoms with Crippen LogP contribution in [0.2, 0.25) is 0 Å². The number of benzene rings is 2. The number of carbonyl (C=O) groups is 2. The molecule has 1 aliphatic rings. The molecule has 0 radical (unpaired) electrons. The van der Waals surface area contributed by atoms with Gasteiger partial charge < -0.3 is 30.1 Å². The SMILES string of the molecule is COc1ccc(NC(=O)Nc2cccc3c2O[C@@H](CN(C)Cc2ccncc2)[C@@H](C)CN([C@@H](C)CO)C3=O)cc1. The lowest BCUT2D eigenvalue weighted by atomic mass is 9.99. The van der Waals surface area contributed by atoms with Gasteiger partial charge in [-0.2, -0.15) is 0 Å². The Balaban J connectivity index is 1.61. The van der Waals surface area contributed by atoms with Crippen LogP contribution < -0.4 is 20.1 Å². The summed E-state index contributed by atoms with van der Waals surface area (Å²) in [4.78, 5) is 34.6. The second kappa shape index (κ2) is 13.3. The van der Waals surface area contributed by atoms with Gasteiger partial charge in [-0.25, -0.2) is 4.79 Å². The van der Waals surface area contributed by atoms with E-state index in [-0.39, 0.29) is 30.6 Å². The van der Waals surface area contributed by atoms with Crippen LogP contribution in [0.5, 0.6) is 11.5 Å². The number of hydrogen-bond acceptors (Lipinski definition) is 7. The Hall–Kier alpha value is -4.15. The average Bonchev–Trinajstić information content (AvgIpc) is 2.95. The lowest BCUT2D eigenvalue weighted by Gasteiger charge is -2.38. The standard InChI is InChI=1S/C30H37N5O5/c1-20-16-35(21(2)19-36)29(37)25-6-5-7-26(33-30(38)32-23-8-10-24(39-4)11-9-23)28(25)40-27(20)18-34(3)17-22-12-14-31-15-13-22/h5-15,20-21,27,36H,16-19H2,1-4H3,(H2,32,33,38)/t20-,21-,27-/m0/s1. The number of fused-ring (bicyclic) bond motifs is 1. The third-order valence-electron chi connectivity index (χ3n) is 6.98. The highest BCUT2D eigenvalue weighted by Crippen LogP contribution is 2.35. The molecule has 3 atom stereocenters. The zero-order chi connectivity index (χ0) is 28.6. The third kappa shape index (κ3) is 7.08. The Kier molecular flexibility index (Phi) is 9.57. The van der Waals surface area contributed by atoms with Crippen LogP contribution in [0.1, 0.15) is 29.8 Å². The molecular weight excluding hydrogens is 510 g/mol. The van der Waals surface area contributed by atoms with Crippen molar-refractivity contribution in [3.8, 4) is 11.5 Å². The van der Waals surface area contributed by atoms with Crippen LogP contribution in [0.3, 0.4) is 0 Å². The first-order valence-corrected chi connectivity index (χ1v) is 13.3. The number of urea groups is 1. The van der Waals surface area contributed by atoms with Crippen LogP contribution in [0.4, 0.5) is 16.2 Å². The molecule has 10 heteroatoms. The molecule has 4 rings (SSSR count). The molecule has 1 aromatic heterocycles. The number of pyridine rings is 1. The molecule has 212 valence electrons. The van der Waals surface area contributed by atoms with Crippen molar-refractivity contribution in [1.29, 1.82) is 0 Å². The van der Waals surface area contributed by atoms with Crippen molar-refractivity contribution in [2.45, 2.75) is 32.5 Å². The van der Waals surface area contributed by atoms with Crippen molar-refractivity contribution in [3.05, 3.63) is 78.1 Å². The highest BCUT2D eigenvalue weighted by molar-refractivity contribution is 6.04. The molecule has 0 spiro atoms. The molecule has 3 N–H and O–H groups in total. The Morgan fingerprint density at radius 2 is 1.90 bits per heavy atom. The number of amides is 3. The van der Waals surface area contributed by atoms with Crippen LogP contribution in [-0.4, -0.2) is 77.8 Å². The maximum Gasteiger partial charge on any atom is 0.323 e. The number of anilines is 2. The zero-order valence-electron chi connectivity index (χ0n) is 23.3. The van der Waals surface area contributed by atoms with E-state index in [9.17, 15) is 14.7 Å². The van der Waals surface area contributed by atoms with Gasteiger partial charge in [0.05, 0.1) is 31.0 Å². The molecule has 0 aliphatic carbocycles. The van der Waals surface area contributed by atoms with E-state index in [1.54, 1.807) is 66.9 Å². The summed E-state index contributed by atoms with van der Waals surface area (Å²) in [5.74, 6) is 0.665. The maximum atomic E-state index is 13.7. The quantitative estimate of drug-likeness (QED) is 0.370. The molecule has 2 aromatic carbocycles. The fourth-order valence-electron chi connectivity index (χ4n) is 4.69. The summed E-state index contributed by atoms with van der Waals surface area (Å²) >= 11 is 0. The molecule has 0 bridgehead atoms. The summed E-state index contributed by atoms with van der Waals surface area (Å²) in [6.07, 6.45) is 3.23. The van der Waals surface area contributed by atoms with Crippen LogP contribution in [-0.2, 0) is 6.54 Å². The molecule has 3 aromatic rings. The van der Waals surface area contributed by atoms with Gasteiger partial charge in [-0.3, -0.25) is 14.7 Å². The molecule has 3 amide bonds. The fraction of sp³-hybridized carbons (Fsp3) is 0.367. The summed E-state index contributed by atoms with van der Waals surface area (Å²) in [5.41, 5.74) is 2.42. The lowest BCUT2D eigenvalue weighted by molar-refractivity contribution is 0.0343. The van der Waals surface area contributed by atoms with Crippen LogP contribution in [0, 0.1) is 5.92 Å². The van der Waals surface area contributed by atoms with E-state index in [4.69, 9.17) is 9.47 Å². The number of ether oxygens (including phenoxy) is 2. The Bertz CT molecular complexity index is 1290. The topological polar surface area (TPSA) is 116 Å². The number of aliphatic hydroxyl groups is 1. The second-order valence-electron chi connectivity index (χ2n) is 10.2. The van der Waals surface area contributed by atoms with E-state index in [2.05, 4.69) is 20.5 Å². The lowest BCUT2D eigenvalue weighted by Crippen LogP contribution is -2.49. The van der Waals surface area contributed by atoms with Gasteiger partial charge in [-0.05, 0) is 68.1 Å². The number of hydrogen-bond donors (Lipinski definition) is 3. The van der Waals surface area contributed by atoms with E-state index >= 15 is 0 Å². The zero-order valence-corrected chi connectivity index (χ0v) is 23.3. The minimum atomic E-state index is -0.475. The molecule has 0 saturated heterocycles. The van der Waals surface area contributed by atoms with Crippen molar-refractivity contribution >= 4 is 23.3 Å². The Morgan fingerprint density at radius 1 is 1.18 bits per heavy atom. The van der Waals surface area contributed by atoms with E-state index in [0.717, 1.165) is 5.56 Å². The number of carbonyl (C=O) groups excluding carboxylic acids is 2. The van der Waals surface area contributed by atoms with E-state index in [1.165, 1.54) is 0 Å². The number of nitrogens with one attached hydrogen (secondary N) is 2. The molecule has 2 heterocycles. The number of nitrogens with zero attached hydrogens (tertiary/aromatic N) is 3. The van der Waals surface area contributed by atoms with Gasteiger partial charge in [0.1, 0.15) is 11.9 Å². The molecule has 0 unspecified atom stereocenters. The fourth-order valence-corrected chi connectivity index (χ4v) is 4.69. The van der Waals surface area contributed by atoms with E-state index in [1.807, 2.05) is 33.0 Å². The Morgan fingerprint density at radius 3 is 2.58 bits per heavy atom. The summed E-state index contributed by atoms with van der Waals surface area (Å²) < 4.78 is 11.8. The number of aromatic nitrogens is 1. The van der Waals surface area contributed by atoms with Gasteiger partial charge in [0.25, 0.3) is 5.91 Å². The molecule has 1 aliphatic heterocycles. The summed E-state index contributed by atoms with van der Waals surface area (Å²) in [6.45, 7) is 5.38. The van der Waals surface area contributed by atoms with Crippen molar-refractivity contribution in [2.75, 3.05) is 44.5 Å². The van der Waals surface area contributed by atoms with E-state index < -0.39 is 6.03 Å². The number of likely N-dealkylation sites (N-methyl/N-ethyl adjacent to an activating group) is 1. The monoisotopic (exact) mass is 547 g/mol. The highest BCUT2D eigenvalue weighted by atomic mass is 16.5. The van der Waals surface area contributed by atoms with Crippen molar-refractivity contribution in [2.24, 2.45) is 5.92 Å². The van der Waals surface area contributed by atoms with Crippen LogP contribution in [0.15, 0.2) is 67.0 Å². The van der Waals surface area contributed by atoms with Gasteiger partial charge in [0.15, 0.2) is 5.75 Å². The number of rotatable bonds is 9. The first-order valence-electron chi connectivity index (χ1n) is 13.3. The summed E-state index contributed by atoms with van der Waals surface area (Å²) in [5, 5.41) is 15.6. The smallest absolute Gasteiger partial charge is 0.323 e. The minimum absolute atomic E-state index is 0.0628. The van der Waals surface area contributed by atoms with Crippen molar-refractivity contribution < 1.29 is 24.2 Å². The molecular formula is C30H37N5O5. The first kappa shape index (κ1) is 28.8. The number of aliphatic hydroxyl groups excluding tert-OH is 1. The molecule has 10 nitrogen and oxygen atoms in total. The van der Waals surface area contributed by atoms with Gasteiger partial charge in [0.2, 0.25) is 0 Å². The molecule has 40 heavy (non-hydrogen) atoms. The summed E-state index contributed by atoms with van der Waals surface area (Å²) in [6, 6.07) is 15.2. The second-order valence-corrected chi connectivity index (χ2v) is 10.2. The molecule has 0 saturated carbocycles. The van der Waals surface area contributed by atoms with Crippen molar-refractivity contribution in [3.63, 3.8) is 0 Å². The minimum Gasteiger partial charge on any atom is -0.497 e. The highest BCUT2D eigenvalue weighted by Gasteiger charge is 2.34. The Labute approximate surface area is 234 Å².